The van der Waals surface area contributed by atoms with E-state index < -0.39 is 28.2 Å². The number of anilines is 3. The van der Waals surface area contributed by atoms with Crippen molar-refractivity contribution in [3.8, 4) is 6.07 Å². The molecule has 3 aromatic rings. The molecule has 33 heavy (non-hydrogen) atoms. The van der Waals surface area contributed by atoms with Crippen LogP contribution in [0.4, 0.5) is 51.9 Å². The van der Waals surface area contributed by atoms with E-state index in [-0.39, 0.29) is 39.8 Å². The van der Waals surface area contributed by atoms with Crippen LogP contribution in [-0.4, -0.2) is 9.91 Å². The summed E-state index contributed by atoms with van der Waals surface area (Å²) in [6, 6.07) is 8.79. The Hall–Kier alpha value is -4.60. The monoisotopic (exact) mass is 459 g/mol. The van der Waals surface area contributed by atoms with Gasteiger partial charge in [0.1, 0.15) is 23.3 Å². The van der Waals surface area contributed by atoms with Crippen molar-refractivity contribution in [3.05, 3.63) is 75.1 Å². The summed E-state index contributed by atoms with van der Waals surface area (Å²) in [5, 5.41) is 30.3. The lowest BCUT2D eigenvalue weighted by molar-refractivity contribution is -0.385. The minimum atomic E-state index is -4.58. The van der Waals surface area contributed by atoms with E-state index in [0.29, 0.717) is 6.07 Å². The second kappa shape index (κ2) is 8.87. The number of nitro groups is 1. The summed E-state index contributed by atoms with van der Waals surface area (Å²) in [5.41, 5.74) is 4.07. The van der Waals surface area contributed by atoms with Crippen LogP contribution in [-0.2, 0) is 6.18 Å². The van der Waals surface area contributed by atoms with Crippen LogP contribution in [0.15, 0.2) is 52.7 Å². The number of nitrogens with two attached hydrogens (primary N) is 1. The molecule has 9 nitrogen and oxygen atoms in total. The lowest BCUT2D eigenvalue weighted by Crippen LogP contribution is -2.06. The van der Waals surface area contributed by atoms with Crippen molar-refractivity contribution in [3.63, 3.8) is 0 Å². The number of azo groups is 1. The molecule has 0 aliphatic rings. The fourth-order valence-electron chi connectivity index (χ4n) is 2.77. The molecule has 0 unspecified atom stereocenters. The average molecular weight is 459 g/mol. The maximum atomic E-state index is 14.2. The zero-order valence-electron chi connectivity index (χ0n) is 16.7. The fourth-order valence-corrected chi connectivity index (χ4v) is 2.77. The predicted molar refractivity (Wildman–Crippen MR) is 110 cm³/mol. The van der Waals surface area contributed by atoms with Gasteiger partial charge in [-0.05, 0) is 31.2 Å². The Morgan fingerprint density at radius 3 is 2.55 bits per heavy atom. The van der Waals surface area contributed by atoms with E-state index in [4.69, 9.17) is 5.73 Å². The number of halogens is 4. The van der Waals surface area contributed by atoms with Gasteiger partial charge in [-0.25, -0.2) is 9.37 Å². The van der Waals surface area contributed by atoms with E-state index in [9.17, 15) is 32.9 Å². The van der Waals surface area contributed by atoms with Gasteiger partial charge in [-0.3, -0.25) is 10.1 Å². The second-order valence-electron chi connectivity index (χ2n) is 6.60. The van der Waals surface area contributed by atoms with Crippen LogP contribution in [0.25, 0.3) is 0 Å². The molecule has 1 heterocycles. The van der Waals surface area contributed by atoms with E-state index in [0.717, 1.165) is 24.3 Å². The van der Waals surface area contributed by atoms with Gasteiger partial charge in [-0.1, -0.05) is 6.07 Å². The Kier molecular flexibility index (Phi) is 6.20. The summed E-state index contributed by atoms with van der Waals surface area (Å²) in [7, 11) is 0. The number of nitrogens with zero attached hydrogens (tertiary/aromatic N) is 5. The molecule has 0 saturated heterocycles. The maximum absolute atomic E-state index is 14.2. The minimum Gasteiger partial charge on any atom is -0.383 e. The molecule has 0 aliphatic carbocycles. The van der Waals surface area contributed by atoms with Gasteiger partial charge in [-0.15, -0.1) is 10.2 Å². The first-order chi connectivity index (χ1) is 15.5. The highest BCUT2D eigenvalue weighted by Gasteiger charge is 2.30. The van der Waals surface area contributed by atoms with Gasteiger partial charge in [0.05, 0.1) is 22.1 Å². The molecular weight excluding hydrogens is 446 g/mol. The van der Waals surface area contributed by atoms with Crippen LogP contribution < -0.4 is 11.1 Å². The number of aromatic nitrogens is 1. The maximum Gasteiger partial charge on any atom is 0.416 e. The summed E-state index contributed by atoms with van der Waals surface area (Å²) in [6.45, 7) is 1.45. The third-order valence-electron chi connectivity index (χ3n) is 4.41. The molecule has 0 saturated carbocycles. The third-order valence-corrected chi connectivity index (χ3v) is 4.41. The van der Waals surface area contributed by atoms with Crippen molar-refractivity contribution in [1.82, 2.24) is 4.98 Å². The number of nitro benzene ring substituents is 1. The normalized spacial score (nSPS) is 11.4. The first-order valence-corrected chi connectivity index (χ1v) is 9.01. The Labute approximate surface area is 183 Å². The molecule has 1 aromatic heterocycles. The lowest BCUT2D eigenvalue weighted by atomic mass is 10.1. The molecule has 0 atom stereocenters. The number of hydrogen-bond donors (Lipinski definition) is 2. The summed E-state index contributed by atoms with van der Waals surface area (Å²) in [5.74, 6) is -1.36. The highest BCUT2D eigenvalue weighted by molar-refractivity contribution is 5.77. The highest BCUT2D eigenvalue weighted by atomic mass is 19.4. The first-order valence-electron chi connectivity index (χ1n) is 9.01. The average Bonchev–Trinajstić information content (AvgIpc) is 2.74. The molecule has 0 aliphatic heterocycles. The number of alkyl halides is 3. The summed E-state index contributed by atoms with van der Waals surface area (Å²) in [4.78, 5) is 14.0. The standard InChI is InChI=1S/C20H13F4N7O2/c1-10-14(9-25)18(26)28-19(27-12-4-2-3-11(7-12)20(22,23)24)17(10)30-29-16-6-5-13(31(32)33)8-15(16)21/h2-8H,1H3,(H3,26,27,28)/b30-29+. The summed E-state index contributed by atoms with van der Waals surface area (Å²) >= 11 is 0. The van der Waals surface area contributed by atoms with Gasteiger partial charge < -0.3 is 11.1 Å². The third kappa shape index (κ3) is 5.01. The second-order valence-corrected chi connectivity index (χ2v) is 6.60. The number of rotatable bonds is 5. The van der Waals surface area contributed by atoms with Crippen molar-refractivity contribution < 1.29 is 22.5 Å². The lowest BCUT2D eigenvalue weighted by Gasteiger charge is -2.14. The largest absolute Gasteiger partial charge is 0.416 e. The van der Waals surface area contributed by atoms with Crippen LogP contribution in [0.2, 0.25) is 0 Å². The summed E-state index contributed by atoms with van der Waals surface area (Å²) < 4.78 is 53.2. The fraction of sp³-hybridized carbons (Fsp3) is 0.100. The smallest absolute Gasteiger partial charge is 0.383 e. The van der Waals surface area contributed by atoms with Crippen molar-refractivity contribution >= 4 is 34.4 Å². The molecule has 3 N–H and O–H groups in total. The van der Waals surface area contributed by atoms with Gasteiger partial charge in [0.2, 0.25) is 0 Å². The van der Waals surface area contributed by atoms with E-state index in [1.807, 2.05) is 6.07 Å². The van der Waals surface area contributed by atoms with Crippen LogP contribution in [0.5, 0.6) is 0 Å². The Balaban J connectivity index is 2.07. The molecular formula is C20H13F4N7O2. The molecule has 0 radical (unpaired) electrons. The number of nitriles is 1. The van der Waals surface area contributed by atoms with Crippen LogP contribution in [0.3, 0.4) is 0 Å². The van der Waals surface area contributed by atoms with E-state index >= 15 is 0 Å². The predicted octanol–water partition coefficient (Wildman–Crippen LogP) is 6.07. The van der Waals surface area contributed by atoms with Gasteiger partial charge >= 0.3 is 6.18 Å². The Bertz CT molecular complexity index is 1320. The molecule has 0 spiro atoms. The molecule has 0 fully saturated rings. The number of benzene rings is 2. The van der Waals surface area contributed by atoms with E-state index in [1.54, 1.807) is 0 Å². The van der Waals surface area contributed by atoms with Gasteiger partial charge in [0.25, 0.3) is 5.69 Å². The number of nitrogens with one attached hydrogen (secondary N) is 1. The molecule has 0 amide bonds. The van der Waals surface area contributed by atoms with Crippen LogP contribution >= 0.6 is 0 Å². The zero-order chi connectivity index (χ0) is 24.3. The zero-order valence-corrected chi connectivity index (χ0v) is 16.7. The molecule has 3 rings (SSSR count). The van der Waals surface area contributed by atoms with Crippen molar-refractivity contribution in [1.29, 1.82) is 5.26 Å². The number of non-ortho nitro benzene ring substituents is 1. The van der Waals surface area contributed by atoms with Crippen molar-refractivity contribution in [2.24, 2.45) is 10.2 Å². The number of pyridine rings is 1. The minimum absolute atomic E-state index is 0.00111. The number of hydrogen-bond acceptors (Lipinski definition) is 8. The quantitative estimate of drug-likeness (QED) is 0.205. The van der Waals surface area contributed by atoms with Gasteiger partial charge in [0, 0.05) is 17.3 Å². The van der Waals surface area contributed by atoms with E-state index in [1.165, 1.54) is 19.1 Å². The molecule has 0 bridgehead atoms. The summed E-state index contributed by atoms with van der Waals surface area (Å²) in [6.07, 6.45) is -4.58. The van der Waals surface area contributed by atoms with Crippen molar-refractivity contribution in [2.45, 2.75) is 13.1 Å². The Morgan fingerprint density at radius 2 is 1.94 bits per heavy atom. The first kappa shape index (κ1) is 23.1. The van der Waals surface area contributed by atoms with Crippen molar-refractivity contribution in [2.75, 3.05) is 11.1 Å². The SMILES string of the molecule is Cc1c(C#N)c(N)nc(Nc2cccc(C(F)(F)F)c2)c1/N=N/c1ccc([N+](=O)[O-])cc1F. The van der Waals surface area contributed by atoms with Crippen LogP contribution in [0.1, 0.15) is 16.7 Å². The molecule has 2 aromatic carbocycles. The highest BCUT2D eigenvalue weighted by Crippen LogP contribution is 2.37. The topological polar surface area (TPSA) is 143 Å². The van der Waals surface area contributed by atoms with Gasteiger partial charge in [-0.2, -0.15) is 18.4 Å². The van der Waals surface area contributed by atoms with Gasteiger partial charge in [0.15, 0.2) is 11.6 Å². The van der Waals surface area contributed by atoms with Crippen LogP contribution in [0, 0.1) is 34.2 Å². The molecule has 168 valence electrons. The van der Waals surface area contributed by atoms with E-state index in [2.05, 4.69) is 20.5 Å². The molecule has 13 heteroatoms. The number of nitrogen functional groups attached to an aromatic ring is 1. The Morgan fingerprint density at radius 1 is 1.21 bits per heavy atom.